The third-order valence-electron chi connectivity index (χ3n) is 4.76. The Balaban J connectivity index is 1.48. The van der Waals surface area contributed by atoms with Crippen molar-refractivity contribution in [1.29, 1.82) is 0 Å². The van der Waals surface area contributed by atoms with Crippen LogP contribution in [0.4, 0.5) is 15.2 Å². The Bertz CT molecular complexity index is 1270. The van der Waals surface area contributed by atoms with E-state index < -0.39 is 5.97 Å². The SMILES string of the molecule is Cc1ccc(Nc2nc(COC(=O)/C(=C/c3ccc(Cl)cc3)c3ccc(F)cc3)cs2)cc1. The van der Waals surface area contributed by atoms with E-state index in [1.807, 2.05) is 36.6 Å². The van der Waals surface area contributed by atoms with Crippen molar-refractivity contribution in [3.8, 4) is 0 Å². The molecule has 166 valence electrons. The fraction of sp³-hybridized carbons (Fsp3) is 0.0769. The van der Waals surface area contributed by atoms with Crippen molar-refractivity contribution in [2.45, 2.75) is 13.5 Å². The molecule has 1 heterocycles. The van der Waals surface area contributed by atoms with Gasteiger partial charge in [0.15, 0.2) is 5.13 Å². The molecule has 0 aliphatic carbocycles. The molecule has 0 atom stereocenters. The number of nitrogens with one attached hydrogen (secondary N) is 1. The summed E-state index contributed by atoms with van der Waals surface area (Å²) in [6, 6.07) is 20.8. The van der Waals surface area contributed by atoms with Gasteiger partial charge < -0.3 is 10.1 Å². The van der Waals surface area contributed by atoms with Gasteiger partial charge >= 0.3 is 5.97 Å². The molecule has 33 heavy (non-hydrogen) atoms. The molecule has 4 aromatic rings. The normalized spacial score (nSPS) is 11.3. The molecule has 0 aliphatic rings. The van der Waals surface area contributed by atoms with Gasteiger partial charge in [-0.15, -0.1) is 11.3 Å². The molecule has 0 radical (unpaired) electrons. The highest BCUT2D eigenvalue weighted by Crippen LogP contribution is 2.24. The number of rotatable bonds is 7. The van der Waals surface area contributed by atoms with Gasteiger partial charge in [-0.1, -0.05) is 53.6 Å². The molecule has 0 saturated carbocycles. The number of esters is 1. The number of ether oxygens (including phenoxy) is 1. The maximum Gasteiger partial charge on any atom is 0.339 e. The van der Waals surface area contributed by atoms with E-state index >= 15 is 0 Å². The van der Waals surface area contributed by atoms with Crippen LogP contribution in [0, 0.1) is 12.7 Å². The Labute approximate surface area is 200 Å². The van der Waals surface area contributed by atoms with Gasteiger partial charge in [0.2, 0.25) is 0 Å². The molecule has 0 spiro atoms. The van der Waals surface area contributed by atoms with Gasteiger partial charge in [-0.25, -0.2) is 14.2 Å². The fourth-order valence-electron chi connectivity index (χ4n) is 3.02. The molecule has 4 rings (SSSR count). The van der Waals surface area contributed by atoms with Gasteiger partial charge in [0, 0.05) is 16.1 Å². The van der Waals surface area contributed by atoms with Crippen LogP contribution in [0.1, 0.15) is 22.4 Å². The quantitative estimate of drug-likeness (QED) is 0.172. The number of hydrogen-bond acceptors (Lipinski definition) is 5. The number of carbonyl (C=O) groups is 1. The number of halogens is 2. The molecule has 0 bridgehead atoms. The van der Waals surface area contributed by atoms with Crippen LogP contribution < -0.4 is 5.32 Å². The minimum atomic E-state index is -0.530. The summed E-state index contributed by atoms with van der Waals surface area (Å²) in [4.78, 5) is 17.4. The summed E-state index contributed by atoms with van der Waals surface area (Å²) in [6.07, 6.45) is 1.69. The predicted octanol–water partition coefficient (Wildman–Crippen LogP) is 7.27. The summed E-state index contributed by atoms with van der Waals surface area (Å²) < 4.78 is 18.9. The van der Waals surface area contributed by atoms with Crippen molar-refractivity contribution in [1.82, 2.24) is 4.98 Å². The number of nitrogens with zero attached hydrogens (tertiary/aromatic N) is 1. The van der Waals surface area contributed by atoms with Crippen molar-refractivity contribution >= 4 is 51.4 Å². The third kappa shape index (κ3) is 6.28. The summed E-state index contributed by atoms with van der Waals surface area (Å²) in [5.41, 5.74) is 4.38. The van der Waals surface area contributed by atoms with Gasteiger partial charge in [0.1, 0.15) is 12.4 Å². The molecule has 7 heteroatoms. The van der Waals surface area contributed by atoms with Crippen LogP contribution in [0.2, 0.25) is 5.02 Å². The maximum absolute atomic E-state index is 13.4. The zero-order valence-corrected chi connectivity index (χ0v) is 19.3. The molecule has 1 N–H and O–H groups in total. The van der Waals surface area contributed by atoms with Gasteiger partial charge in [-0.2, -0.15) is 0 Å². The van der Waals surface area contributed by atoms with Crippen LogP contribution in [0.15, 0.2) is 78.2 Å². The van der Waals surface area contributed by atoms with E-state index in [1.54, 1.807) is 42.5 Å². The smallest absolute Gasteiger partial charge is 0.339 e. The first-order valence-corrected chi connectivity index (χ1v) is 11.4. The van der Waals surface area contributed by atoms with E-state index in [4.69, 9.17) is 16.3 Å². The van der Waals surface area contributed by atoms with Crippen LogP contribution in [-0.4, -0.2) is 11.0 Å². The van der Waals surface area contributed by atoms with Crippen LogP contribution in [0.25, 0.3) is 11.6 Å². The summed E-state index contributed by atoms with van der Waals surface area (Å²) >= 11 is 7.39. The minimum Gasteiger partial charge on any atom is -0.456 e. The van der Waals surface area contributed by atoms with Crippen LogP contribution in [0.5, 0.6) is 0 Å². The average molecular weight is 479 g/mol. The molecule has 1 aromatic heterocycles. The first kappa shape index (κ1) is 22.7. The second-order valence-corrected chi connectivity index (χ2v) is 8.62. The van der Waals surface area contributed by atoms with E-state index in [9.17, 15) is 9.18 Å². The third-order valence-corrected chi connectivity index (χ3v) is 5.82. The molecule has 4 nitrogen and oxygen atoms in total. The molecule has 0 amide bonds. The maximum atomic E-state index is 13.4. The van der Waals surface area contributed by atoms with E-state index in [2.05, 4.69) is 10.3 Å². The first-order valence-electron chi connectivity index (χ1n) is 10.1. The molecular formula is C26H20ClFN2O2S. The second kappa shape index (κ2) is 10.4. The summed E-state index contributed by atoms with van der Waals surface area (Å²) in [5, 5.41) is 6.38. The topological polar surface area (TPSA) is 51.2 Å². The van der Waals surface area contributed by atoms with Gasteiger partial charge in [-0.3, -0.25) is 0 Å². The number of hydrogen-bond donors (Lipinski definition) is 1. The lowest BCUT2D eigenvalue weighted by Crippen LogP contribution is -2.08. The Morgan fingerprint density at radius 2 is 1.76 bits per heavy atom. The number of carbonyl (C=O) groups excluding carboxylic acids is 1. The molecule has 0 fully saturated rings. The van der Waals surface area contributed by atoms with Gasteiger partial charge in [0.25, 0.3) is 0 Å². The largest absolute Gasteiger partial charge is 0.456 e. The summed E-state index contributed by atoms with van der Waals surface area (Å²) in [5.74, 6) is -0.911. The Kier molecular flexibility index (Phi) is 7.17. The van der Waals surface area contributed by atoms with E-state index in [-0.39, 0.29) is 12.4 Å². The van der Waals surface area contributed by atoms with Crippen molar-refractivity contribution < 1.29 is 13.9 Å². The average Bonchev–Trinajstić information content (AvgIpc) is 3.26. The van der Waals surface area contributed by atoms with Crippen molar-refractivity contribution in [3.05, 3.63) is 111 Å². The number of benzene rings is 3. The van der Waals surface area contributed by atoms with Crippen molar-refractivity contribution in [2.24, 2.45) is 0 Å². The van der Waals surface area contributed by atoms with Crippen LogP contribution in [-0.2, 0) is 16.1 Å². The van der Waals surface area contributed by atoms with Crippen LogP contribution >= 0.6 is 22.9 Å². The van der Waals surface area contributed by atoms with Crippen molar-refractivity contribution in [2.75, 3.05) is 5.32 Å². The zero-order chi connectivity index (χ0) is 23.2. The van der Waals surface area contributed by atoms with E-state index in [1.165, 1.54) is 29.0 Å². The van der Waals surface area contributed by atoms with Gasteiger partial charge in [-0.05, 0) is 60.5 Å². The van der Waals surface area contributed by atoms with E-state index in [0.29, 0.717) is 27.0 Å². The zero-order valence-electron chi connectivity index (χ0n) is 17.7. The molecular weight excluding hydrogens is 459 g/mol. The van der Waals surface area contributed by atoms with Gasteiger partial charge in [0.05, 0.1) is 11.3 Å². The number of anilines is 2. The van der Waals surface area contributed by atoms with Crippen LogP contribution in [0.3, 0.4) is 0 Å². The monoisotopic (exact) mass is 478 g/mol. The second-order valence-electron chi connectivity index (χ2n) is 7.33. The lowest BCUT2D eigenvalue weighted by molar-refractivity contribution is -0.137. The Morgan fingerprint density at radius 3 is 2.45 bits per heavy atom. The number of aromatic nitrogens is 1. The van der Waals surface area contributed by atoms with E-state index in [0.717, 1.165) is 11.3 Å². The molecule has 0 unspecified atom stereocenters. The highest BCUT2D eigenvalue weighted by molar-refractivity contribution is 7.13. The highest BCUT2D eigenvalue weighted by Gasteiger charge is 2.15. The first-order chi connectivity index (χ1) is 16.0. The minimum absolute atomic E-state index is 0.0179. The highest BCUT2D eigenvalue weighted by atomic mass is 35.5. The summed E-state index contributed by atoms with van der Waals surface area (Å²) in [6.45, 7) is 2.05. The fourth-order valence-corrected chi connectivity index (χ4v) is 3.86. The molecule has 0 saturated heterocycles. The van der Waals surface area contributed by atoms with Crippen molar-refractivity contribution in [3.63, 3.8) is 0 Å². The Hall–Kier alpha value is -3.48. The molecule has 0 aliphatic heterocycles. The summed E-state index contributed by atoms with van der Waals surface area (Å²) in [7, 11) is 0. The lowest BCUT2D eigenvalue weighted by atomic mass is 10.0. The number of thiazole rings is 1. The predicted molar refractivity (Wildman–Crippen MR) is 132 cm³/mol. The standard InChI is InChI=1S/C26H20ClFN2O2S/c1-17-2-12-22(13-3-17)29-26-30-23(16-33-26)15-32-25(31)24(19-6-10-21(28)11-7-19)14-18-4-8-20(27)9-5-18/h2-14,16H,15H2,1H3,(H,29,30)/b24-14+. The Morgan fingerprint density at radius 1 is 1.06 bits per heavy atom. The number of aryl methyl sites for hydroxylation is 1. The lowest BCUT2D eigenvalue weighted by Gasteiger charge is -2.09. The molecule has 3 aromatic carbocycles.